The Morgan fingerprint density at radius 2 is 1.12 bits per heavy atom. The van der Waals surface area contributed by atoms with E-state index in [1.807, 2.05) is 6.07 Å². The van der Waals surface area contributed by atoms with Crippen LogP contribution in [0.25, 0.3) is 22.3 Å². The van der Waals surface area contributed by atoms with Crippen molar-refractivity contribution in [2.75, 3.05) is 0 Å². The molecule has 0 bridgehead atoms. The van der Waals surface area contributed by atoms with Gasteiger partial charge >= 0.3 is 6.11 Å². The molecule has 5 rings (SSSR count). The summed E-state index contributed by atoms with van der Waals surface area (Å²) in [5, 5.41) is 0. The Morgan fingerprint density at radius 1 is 0.580 bits per heavy atom. The van der Waals surface area contributed by atoms with Crippen molar-refractivity contribution in [2.24, 2.45) is 5.92 Å². The predicted octanol–water partition coefficient (Wildman–Crippen LogP) is 13.5. The monoisotopic (exact) mass is 706 g/mol. The minimum atomic E-state index is -4.79. The van der Waals surface area contributed by atoms with Crippen molar-refractivity contribution in [1.82, 2.24) is 0 Å². The van der Waals surface area contributed by atoms with Gasteiger partial charge in [0.05, 0.1) is 0 Å². The van der Waals surface area contributed by atoms with E-state index in [9.17, 15) is 30.7 Å². The van der Waals surface area contributed by atoms with Crippen molar-refractivity contribution in [3.05, 3.63) is 113 Å². The van der Waals surface area contributed by atoms with Crippen LogP contribution >= 0.6 is 0 Å². The first-order valence-electron chi connectivity index (χ1n) is 17.2. The average molecular weight is 707 g/mol. The summed E-state index contributed by atoms with van der Waals surface area (Å²) in [6.07, 6.45) is 9.65. The molecule has 10 heteroatoms. The first-order valence-corrected chi connectivity index (χ1v) is 17.2. The molecule has 0 aromatic heterocycles. The van der Waals surface area contributed by atoms with Crippen LogP contribution in [-0.4, -0.2) is 0 Å². The van der Waals surface area contributed by atoms with E-state index in [0.29, 0.717) is 18.1 Å². The van der Waals surface area contributed by atoms with Crippen LogP contribution in [0.2, 0.25) is 0 Å². The first-order chi connectivity index (χ1) is 23.9. The lowest BCUT2D eigenvalue weighted by atomic mass is 9.77. The molecule has 1 aliphatic carbocycles. The van der Waals surface area contributed by atoms with Crippen molar-refractivity contribution < 1.29 is 44.3 Å². The zero-order chi connectivity index (χ0) is 36.0. The highest BCUT2D eigenvalue weighted by atomic mass is 19.3. The van der Waals surface area contributed by atoms with Gasteiger partial charge in [0.25, 0.3) is 0 Å². The molecule has 0 heterocycles. The van der Waals surface area contributed by atoms with Crippen molar-refractivity contribution in [3.63, 3.8) is 0 Å². The van der Waals surface area contributed by atoms with Crippen molar-refractivity contribution in [3.8, 4) is 28.0 Å². The lowest BCUT2D eigenvalue weighted by Gasteiger charge is -2.29. The number of unbranched alkanes of at least 4 members (excludes halogenated alkanes) is 6. The second-order valence-corrected chi connectivity index (χ2v) is 13.2. The van der Waals surface area contributed by atoms with Crippen LogP contribution in [0.3, 0.4) is 0 Å². The van der Waals surface area contributed by atoms with Gasteiger partial charge in [-0.05, 0) is 78.5 Å². The largest absolute Gasteiger partial charge is 0.432 e. The Labute approximate surface area is 286 Å². The Kier molecular flexibility index (Phi) is 12.2. The topological polar surface area (TPSA) is 9.23 Å². The zero-order valence-corrected chi connectivity index (χ0v) is 27.7. The van der Waals surface area contributed by atoms with E-state index in [4.69, 9.17) is 0 Å². The van der Waals surface area contributed by atoms with Gasteiger partial charge in [-0.15, -0.1) is 0 Å². The highest BCUT2D eigenvalue weighted by molar-refractivity contribution is 5.72. The highest BCUT2D eigenvalue weighted by Crippen LogP contribution is 2.41. The quantitative estimate of drug-likeness (QED) is 0.0721. The molecule has 1 saturated carbocycles. The molecule has 268 valence electrons. The van der Waals surface area contributed by atoms with Crippen molar-refractivity contribution in [1.29, 1.82) is 0 Å². The van der Waals surface area contributed by atoms with E-state index in [-0.39, 0.29) is 34.7 Å². The van der Waals surface area contributed by atoms with Crippen LogP contribution in [0.1, 0.15) is 101 Å². The molecule has 0 aliphatic heterocycles. The molecule has 1 nitrogen and oxygen atoms in total. The molecule has 0 unspecified atom stereocenters. The van der Waals surface area contributed by atoms with Gasteiger partial charge in [-0.1, -0.05) is 82.6 Å². The highest BCUT2D eigenvalue weighted by Gasteiger charge is 2.41. The van der Waals surface area contributed by atoms with Gasteiger partial charge in [-0.25, -0.2) is 30.7 Å². The lowest BCUT2D eigenvalue weighted by molar-refractivity contribution is -0.189. The molecule has 1 fully saturated rings. The van der Waals surface area contributed by atoms with Crippen LogP contribution in [0.15, 0.2) is 60.7 Å². The van der Waals surface area contributed by atoms with Crippen LogP contribution in [-0.2, 0) is 6.11 Å². The van der Waals surface area contributed by atoms with Gasteiger partial charge in [-0.2, -0.15) is 8.78 Å². The maximum absolute atomic E-state index is 15.4. The van der Waals surface area contributed by atoms with Crippen molar-refractivity contribution in [2.45, 2.75) is 96.0 Å². The Bertz CT molecular complexity index is 1730. The molecule has 0 N–H and O–H groups in total. The molecule has 0 spiro atoms. The van der Waals surface area contributed by atoms with Crippen molar-refractivity contribution >= 4 is 0 Å². The third-order valence-electron chi connectivity index (χ3n) is 9.65. The number of rotatable bonds is 14. The molecule has 0 radical (unpaired) electrons. The number of hydrogen-bond acceptors (Lipinski definition) is 1. The summed E-state index contributed by atoms with van der Waals surface area (Å²) < 4.78 is 134. The van der Waals surface area contributed by atoms with Crippen LogP contribution < -0.4 is 4.74 Å². The molecule has 4 aromatic rings. The molecule has 4 aromatic carbocycles. The maximum Gasteiger partial charge on any atom is 0.432 e. The van der Waals surface area contributed by atoms with Gasteiger partial charge in [0.15, 0.2) is 17.5 Å². The summed E-state index contributed by atoms with van der Waals surface area (Å²) in [6.45, 7) is 2.22. The zero-order valence-electron chi connectivity index (χ0n) is 27.7. The van der Waals surface area contributed by atoms with Gasteiger partial charge in [0, 0.05) is 23.3 Å². The Hall–Kier alpha value is -3.95. The summed E-state index contributed by atoms with van der Waals surface area (Å²) in [5.41, 5.74) is -1.52. The van der Waals surface area contributed by atoms with Gasteiger partial charge in [0.1, 0.15) is 34.6 Å². The van der Waals surface area contributed by atoms with E-state index in [0.717, 1.165) is 43.4 Å². The molecule has 0 amide bonds. The summed E-state index contributed by atoms with van der Waals surface area (Å²) in [5.74, 6) is -11.1. The third kappa shape index (κ3) is 8.85. The second kappa shape index (κ2) is 16.4. The van der Waals surface area contributed by atoms with Crippen LogP contribution in [0.4, 0.5) is 39.5 Å². The van der Waals surface area contributed by atoms with Gasteiger partial charge < -0.3 is 4.74 Å². The van der Waals surface area contributed by atoms with E-state index >= 15 is 8.78 Å². The first kappa shape index (κ1) is 37.3. The third-order valence-corrected chi connectivity index (χ3v) is 9.65. The van der Waals surface area contributed by atoms with Gasteiger partial charge in [0.2, 0.25) is 0 Å². The summed E-state index contributed by atoms with van der Waals surface area (Å²) in [7, 11) is 0. The number of hydrogen-bond donors (Lipinski definition) is 0. The summed E-state index contributed by atoms with van der Waals surface area (Å²) >= 11 is 0. The van der Waals surface area contributed by atoms with E-state index in [2.05, 4.69) is 11.7 Å². The van der Waals surface area contributed by atoms with Gasteiger partial charge in [-0.3, -0.25) is 0 Å². The fourth-order valence-electron chi connectivity index (χ4n) is 6.91. The maximum atomic E-state index is 15.4. The van der Waals surface area contributed by atoms with Crippen LogP contribution in [0, 0.1) is 46.6 Å². The predicted molar refractivity (Wildman–Crippen MR) is 175 cm³/mol. The molecule has 0 saturated heterocycles. The van der Waals surface area contributed by atoms with E-state index < -0.39 is 63.7 Å². The molecular weight excluding hydrogens is 667 g/mol. The number of alkyl halides is 2. The minimum absolute atomic E-state index is 0.0904. The fourth-order valence-corrected chi connectivity index (χ4v) is 6.91. The Balaban J connectivity index is 1.23. The molecule has 1 aliphatic rings. The Morgan fingerprint density at radius 3 is 1.72 bits per heavy atom. The van der Waals surface area contributed by atoms with Crippen LogP contribution in [0.5, 0.6) is 5.75 Å². The molecule has 50 heavy (non-hydrogen) atoms. The average Bonchev–Trinajstić information content (AvgIpc) is 3.06. The number of ether oxygens (including phenoxy) is 1. The van der Waals surface area contributed by atoms with E-state index in [1.165, 1.54) is 63.5 Å². The van der Waals surface area contributed by atoms with E-state index in [1.54, 1.807) is 6.07 Å². The minimum Gasteiger partial charge on any atom is -0.429 e. The summed E-state index contributed by atoms with van der Waals surface area (Å²) in [4.78, 5) is 0. The smallest absolute Gasteiger partial charge is 0.429 e. The number of benzene rings is 4. The summed E-state index contributed by atoms with van der Waals surface area (Å²) in [6, 6.07) is 9.45. The second-order valence-electron chi connectivity index (χ2n) is 13.2. The normalized spacial score (nSPS) is 16.5. The molecule has 0 atom stereocenters. The SMILES string of the molecule is CCCCCCCCCC1CCC(c2ccc(-c3ccc(-c4cc(F)c(C(F)(F)Oc5cc(F)c(F)c(F)c5)c(F)c4)c(F)c3)c(F)c2)CC1. The fraction of sp³-hybridized carbons (Fsp3) is 0.400. The number of halogens is 9. The lowest BCUT2D eigenvalue weighted by Crippen LogP contribution is -2.25. The standard InChI is InChI=1S/C40H39F9O/c1-2-3-4-5-6-7-8-9-24-10-12-25(13-11-24)26-14-16-30(32(41)18-26)27-15-17-31(33(42)19-27)28-20-34(43)38(35(44)21-28)40(48,49)50-29-22-36(45)39(47)37(46)23-29/h14-25H,2-13H2,1H3. The molecular formula is C40H39F9O.